The Balaban J connectivity index is 2.55. The van der Waals surface area contributed by atoms with Crippen LogP contribution in [0.5, 0.6) is 0 Å². The van der Waals surface area contributed by atoms with Crippen molar-refractivity contribution in [2.24, 2.45) is 5.92 Å². The second-order valence-corrected chi connectivity index (χ2v) is 5.37. The number of hydrogen-bond donors (Lipinski definition) is 1. The topological polar surface area (TPSA) is 49.8 Å². The third-order valence-electron chi connectivity index (χ3n) is 2.94. The Labute approximate surface area is 88.4 Å². The molecule has 0 radical (unpaired) electrons. The van der Waals surface area contributed by atoms with Crippen molar-refractivity contribution in [3.05, 3.63) is 16.0 Å². The van der Waals surface area contributed by atoms with E-state index in [1.54, 1.807) is 11.3 Å². The molecule has 1 aliphatic carbocycles. The van der Waals surface area contributed by atoms with Crippen LogP contribution < -0.4 is 5.73 Å². The maximum absolute atomic E-state index is 9.02. The minimum Gasteiger partial charge on any atom is -0.389 e. The molecule has 74 valence electrons. The first-order valence-electron chi connectivity index (χ1n) is 4.94. The molecule has 2 nitrogen and oxygen atoms in total. The summed E-state index contributed by atoms with van der Waals surface area (Å²) in [6, 6.07) is 2.23. The normalized spacial score (nSPS) is 25.5. The highest BCUT2D eigenvalue weighted by Crippen LogP contribution is 2.43. The number of rotatable bonds is 0. The van der Waals surface area contributed by atoms with Crippen LogP contribution in [0.1, 0.15) is 42.2 Å². The number of nitrogen functional groups attached to an aromatic ring is 1. The molecule has 0 saturated heterocycles. The van der Waals surface area contributed by atoms with Gasteiger partial charge in [-0.1, -0.05) is 13.8 Å². The summed E-state index contributed by atoms with van der Waals surface area (Å²) in [6.07, 6.45) is 2.27. The standard InChI is InChI=1S/C11H14N2S/c1-6-3-7(2)10-8(5-12)11(13)14-9(10)4-6/h6-7H,3-4,13H2,1-2H3/t6-,7-/m1/s1. The molecule has 0 unspecified atom stereocenters. The molecular formula is C11H14N2S. The average molecular weight is 206 g/mol. The van der Waals surface area contributed by atoms with E-state index in [1.807, 2.05) is 0 Å². The molecular weight excluding hydrogens is 192 g/mol. The Bertz CT molecular complexity index is 400. The zero-order valence-electron chi connectivity index (χ0n) is 8.50. The van der Waals surface area contributed by atoms with Crippen molar-refractivity contribution in [2.45, 2.75) is 32.6 Å². The van der Waals surface area contributed by atoms with Gasteiger partial charge in [0.05, 0.1) is 5.56 Å². The molecule has 0 saturated carbocycles. The molecule has 1 aromatic rings. The van der Waals surface area contributed by atoms with Crippen LogP contribution in [-0.4, -0.2) is 0 Å². The Morgan fingerprint density at radius 3 is 2.86 bits per heavy atom. The van der Waals surface area contributed by atoms with Gasteiger partial charge in [0, 0.05) is 4.88 Å². The van der Waals surface area contributed by atoms with Gasteiger partial charge in [0.25, 0.3) is 0 Å². The fourth-order valence-electron chi connectivity index (χ4n) is 2.42. The van der Waals surface area contributed by atoms with Crippen LogP contribution in [0.3, 0.4) is 0 Å². The third-order valence-corrected chi connectivity index (χ3v) is 4.00. The molecule has 1 aliphatic rings. The fourth-order valence-corrected chi connectivity index (χ4v) is 3.72. The van der Waals surface area contributed by atoms with Crippen LogP contribution in [0.15, 0.2) is 0 Å². The fraction of sp³-hybridized carbons (Fsp3) is 0.545. The number of anilines is 1. The summed E-state index contributed by atoms with van der Waals surface area (Å²) >= 11 is 1.60. The van der Waals surface area contributed by atoms with Gasteiger partial charge in [-0.2, -0.15) is 5.26 Å². The van der Waals surface area contributed by atoms with Crippen LogP contribution in [-0.2, 0) is 6.42 Å². The Morgan fingerprint density at radius 2 is 2.21 bits per heavy atom. The van der Waals surface area contributed by atoms with Gasteiger partial charge in [0.2, 0.25) is 0 Å². The van der Waals surface area contributed by atoms with E-state index >= 15 is 0 Å². The summed E-state index contributed by atoms with van der Waals surface area (Å²) in [5.74, 6) is 1.22. The summed E-state index contributed by atoms with van der Waals surface area (Å²) in [5.41, 5.74) is 7.81. The molecule has 1 aromatic heterocycles. The Kier molecular flexibility index (Phi) is 2.24. The summed E-state index contributed by atoms with van der Waals surface area (Å²) < 4.78 is 0. The Hall–Kier alpha value is -1.01. The summed E-state index contributed by atoms with van der Waals surface area (Å²) in [4.78, 5) is 1.34. The lowest BCUT2D eigenvalue weighted by molar-refractivity contribution is 0.455. The van der Waals surface area contributed by atoms with E-state index in [2.05, 4.69) is 19.9 Å². The number of nitriles is 1. The van der Waals surface area contributed by atoms with Crippen molar-refractivity contribution in [1.29, 1.82) is 5.26 Å². The molecule has 2 atom stereocenters. The van der Waals surface area contributed by atoms with Gasteiger partial charge >= 0.3 is 0 Å². The van der Waals surface area contributed by atoms with Gasteiger partial charge in [-0.05, 0) is 30.2 Å². The first-order chi connectivity index (χ1) is 6.63. The highest BCUT2D eigenvalue weighted by molar-refractivity contribution is 7.16. The van der Waals surface area contributed by atoms with Crippen LogP contribution in [0.4, 0.5) is 5.00 Å². The quantitative estimate of drug-likeness (QED) is 0.709. The lowest BCUT2D eigenvalue weighted by Crippen LogP contribution is -2.13. The van der Waals surface area contributed by atoms with E-state index in [-0.39, 0.29) is 0 Å². The molecule has 0 fully saturated rings. The van der Waals surface area contributed by atoms with Crippen molar-refractivity contribution >= 4 is 16.3 Å². The van der Waals surface area contributed by atoms with Gasteiger partial charge in [0.1, 0.15) is 11.1 Å². The SMILES string of the molecule is C[C@H]1Cc2sc(N)c(C#N)c2[C@H](C)C1. The summed E-state index contributed by atoms with van der Waals surface area (Å²) in [7, 11) is 0. The highest BCUT2D eigenvalue weighted by atomic mass is 32.1. The van der Waals surface area contributed by atoms with Crippen molar-refractivity contribution in [3.8, 4) is 6.07 Å². The molecule has 3 heteroatoms. The molecule has 2 N–H and O–H groups in total. The maximum Gasteiger partial charge on any atom is 0.104 e. The molecule has 0 bridgehead atoms. The number of fused-ring (bicyclic) bond motifs is 1. The smallest absolute Gasteiger partial charge is 0.104 e. The van der Waals surface area contributed by atoms with E-state index in [0.717, 1.165) is 17.9 Å². The van der Waals surface area contributed by atoms with E-state index in [1.165, 1.54) is 16.9 Å². The number of nitrogens with two attached hydrogens (primary N) is 1. The minimum absolute atomic E-state index is 0.497. The van der Waals surface area contributed by atoms with Gasteiger partial charge in [-0.3, -0.25) is 0 Å². The monoisotopic (exact) mass is 206 g/mol. The van der Waals surface area contributed by atoms with Crippen LogP contribution in [0.2, 0.25) is 0 Å². The zero-order chi connectivity index (χ0) is 10.3. The van der Waals surface area contributed by atoms with Crippen molar-refractivity contribution in [2.75, 3.05) is 5.73 Å². The number of hydrogen-bond acceptors (Lipinski definition) is 3. The van der Waals surface area contributed by atoms with E-state index in [4.69, 9.17) is 11.0 Å². The predicted molar refractivity (Wildman–Crippen MR) is 59.3 cm³/mol. The molecule has 0 aliphatic heterocycles. The first-order valence-corrected chi connectivity index (χ1v) is 5.76. The molecule has 0 aromatic carbocycles. The molecule has 0 amide bonds. The maximum atomic E-state index is 9.02. The van der Waals surface area contributed by atoms with Crippen molar-refractivity contribution in [1.82, 2.24) is 0 Å². The average Bonchev–Trinajstić information content (AvgIpc) is 2.40. The summed E-state index contributed by atoms with van der Waals surface area (Å²) in [5, 5.41) is 9.73. The van der Waals surface area contributed by atoms with Crippen LogP contribution in [0, 0.1) is 17.2 Å². The lowest BCUT2D eigenvalue weighted by Gasteiger charge is -2.24. The number of thiophene rings is 1. The zero-order valence-corrected chi connectivity index (χ0v) is 9.32. The highest BCUT2D eigenvalue weighted by Gasteiger charge is 2.27. The Morgan fingerprint density at radius 1 is 1.50 bits per heavy atom. The van der Waals surface area contributed by atoms with Gasteiger partial charge in [-0.15, -0.1) is 11.3 Å². The molecule has 14 heavy (non-hydrogen) atoms. The van der Waals surface area contributed by atoms with E-state index in [9.17, 15) is 0 Å². The predicted octanol–water partition coefficient (Wildman–Crippen LogP) is 2.89. The van der Waals surface area contributed by atoms with Crippen molar-refractivity contribution < 1.29 is 0 Å². The van der Waals surface area contributed by atoms with Crippen LogP contribution in [0.25, 0.3) is 0 Å². The van der Waals surface area contributed by atoms with Crippen molar-refractivity contribution in [3.63, 3.8) is 0 Å². The number of nitrogens with zero attached hydrogens (tertiary/aromatic N) is 1. The van der Waals surface area contributed by atoms with E-state index in [0.29, 0.717) is 10.9 Å². The van der Waals surface area contributed by atoms with Gasteiger partial charge in [0.15, 0.2) is 0 Å². The molecule has 0 spiro atoms. The second kappa shape index (κ2) is 3.29. The largest absolute Gasteiger partial charge is 0.389 e. The minimum atomic E-state index is 0.497. The van der Waals surface area contributed by atoms with Crippen LogP contribution >= 0.6 is 11.3 Å². The molecule has 2 rings (SSSR count). The van der Waals surface area contributed by atoms with Gasteiger partial charge in [-0.25, -0.2) is 0 Å². The summed E-state index contributed by atoms with van der Waals surface area (Å²) in [6.45, 7) is 4.46. The molecule has 1 heterocycles. The first kappa shape index (κ1) is 9.54. The lowest BCUT2D eigenvalue weighted by atomic mass is 9.81. The van der Waals surface area contributed by atoms with Gasteiger partial charge < -0.3 is 5.73 Å². The van der Waals surface area contributed by atoms with E-state index < -0.39 is 0 Å². The third kappa shape index (κ3) is 1.31. The second-order valence-electron chi connectivity index (χ2n) is 4.24.